The molecule has 0 bridgehead atoms. The largest absolute Gasteiger partial charge is 0.462 e. The summed E-state index contributed by atoms with van der Waals surface area (Å²) in [6.45, 7) is 6.90. The smallest absolute Gasteiger partial charge is 0.338 e. The van der Waals surface area contributed by atoms with Gasteiger partial charge in [-0.2, -0.15) is 0 Å². The van der Waals surface area contributed by atoms with Crippen molar-refractivity contribution < 1.29 is 19.2 Å². The summed E-state index contributed by atoms with van der Waals surface area (Å²) in [6.07, 6.45) is 14.9. The van der Waals surface area contributed by atoms with Gasteiger partial charge in [0.1, 0.15) is 0 Å². The number of ether oxygens (including phenoxy) is 1. The fourth-order valence-electron chi connectivity index (χ4n) is 4.75. The Labute approximate surface area is 214 Å². The second kappa shape index (κ2) is 13.5. The van der Waals surface area contributed by atoms with Crippen LogP contribution in [0.1, 0.15) is 78.9 Å². The first-order valence-electron chi connectivity index (χ1n) is 12.7. The molecule has 0 radical (unpaired) electrons. The molecule has 1 aromatic carbocycles. The average molecular weight is 501 g/mol. The first kappa shape index (κ1) is 27.0. The number of cyclic esters (lactones) is 1. The van der Waals surface area contributed by atoms with Gasteiger partial charge in [-0.05, 0) is 81.6 Å². The summed E-state index contributed by atoms with van der Waals surface area (Å²) < 4.78 is 5.54. The molecular formula is C28H37ClN2O4. The standard InChI is InChI=1S/C28H37ClN2O4/c1-4-23-14-10-11-15-31(23)25(32)19-35-30-22-13-9-7-5-6-8-12-16-34-28(33)26-20(2)17-21(3)27(29)24(26)18-22/h6,8-9,13,17,23H,4-5,7,10-12,14-16,18-19H2,1-3H3/b8-6+,13-9+,30-22-. The molecule has 0 aliphatic carbocycles. The van der Waals surface area contributed by atoms with Crippen LogP contribution in [0.2, 0.25) is 5.02 Å². The minimum Gasteiger partial charge on any atom is -0.462 e. The number of halogens is 1. The van der Waals surface area contributed by atoms with E-state index in [0.29, 0.717) is 41.3 Å². The van der Waals surface area contributed by atoms with Crippen LogP contribution in [0.5, 0.6) is 0 Å². The second-order valence-electron chi connectivity index (χ2n) is 9.23. The van der Waals surface area contributed by atoms with Crippen molar-refractivity contribution in [3.63, 3.8) is 0 Å². The molecule has 1 amide bonds. The number of fused-ring (bicyclic) bond motifs is 1. The normalized spacial score (nSPS) is 22.6. The van der Waals surface area contributed by atoms with Gasteiger partial charge in [-0.3, -0.25) is 4.79 Å². The van der Waals surface area contributed by atoms with Crippen LogP contribution in [0.3, 0.4) is 0 Å². The lowest BCUT2D eigenvalue weighted by atomic mass is 9.94. The number of carbonyl (C=O) groups excluding carboxylic acids is 2. The summed E-state index contributed by atoms with van der Waals surface area (Å²) in [4.78, 5) is 33.2. The predicted molar refractivity (Wildman–Crippen MR) is 140 cm³/mol. The van der Waals surface area contributed by atoms with E-state index >= 15 is 0 Å². The molecule has 1 atom stereocenters. The number of hydrogen-bond acceptors (Lipinski definition) is 5. The minimum absolute atomic E-state index is 0.0374. The zero-order valence-corrected chi connectivity index (χ0v) is 21.9. The number of amides is 1. The number of carbonyl (C=O) groups is 2. The zero-order chi connectivity index (χ0) is 25.2. The SMILES string of the molecule is CCC1CCCCN1C(=O)CO/N=C1/C=C/CC/C=C/CCOC(=O)c2c(C)cc(C)c(Cl)c2C1. The van der Waals surface area contributed by atoms with Crippen LogP contribution in [-0.4, -0.2) is 48.3 Å². The molecule has 1 unspecified atom stereocenters. The van der Waals surface area contributed by atoms with E-state index in [1.165, 1.54) is 0 Å². The quantitative estimate of drug-likeness (QED) is 0.284. The first-order valence-corrected chi connectivity index (χ1v) is 13.1. The average Bonchev–Trinajstić information content (AvgIpc) is 2.85. The minimum atomic E-state index is -0.389. The molecule has 2 aliphatic heterocycles. The molecule has 35 heavy (non-hydrogen) atoms. The van der Waals surface area contributed by atoms with Gasteiger partial charge in [-0.25, -0.2) is 4.79 Å². The Morgan fingerprint density at radius 2 is 1.94 bits per heavy atom. The molecule has 0 saturated carbocycles. The van der Waals surface area contributed by atoms with E-state index in [9.17, 15) is 9.59 Å². The van der Waals surface area contributed by atoms with Crippen LogP contribution < -0.4 is 0 Å². The van der Waals surface area contributed by atoms with E-state index in [4.69, 9.17) is 21.2 Å². The predicted octanol–water partition coefficient (Wildman–Crippen LogP) is 6.12. The van der Waals surface area contributed by atoms with Crippen molar-refractivity contribution in [2.75, 3.05) is 19.8 Å². The van der Waals surface area contributed by atoms with Crippen molar-refractivity contribution in [3.8, 4) is 0 Å². The summed E-state index contributed by atoms with van der Waals surface area (Å²) >= 11 is 6.68. The number of allylic oxidation sites excluding steroid dienone is 3. The van der Waals surface area contributed by atoms with Crippen molar-refractivity contribution in [2.24, 2.45) is 5.16 Å². The monoisotopic (exact) mass is 500 g/mol. The Bertz CT molecular complexity index is 999. The van der Waals surface area contributed by atoms with Crippen LogP contribution in [0, 0.1) is 13.8 Å². The molecule has 190 valence electrons. The third kappa shape index (κ3) is 7.44. The Morgan fingerprint density at radius 1 is 1.17 bits per heavy atom. The van der Waals surface area contributed by atoms with Crippen molar-refractivity contribution >= 4 is 29.2 Å². The highest BCUT2D eigenvalue weighted by molar-refractivity contribution is 6.33. The Morgan fingerprint density at radius 3 is 2.74 bits per heavy atom. The summed E-state index contributed by atoms with van der Waals surface area (Å²) in [5.74, 6) is -0.426. The Kier molecular flexibility index (Phi) is 10.4. The zero-order valence-electron chi connectivity index (χ0n) is 21.1. The summed E-state index contributed by atoms with van der Waals surface area (Å²) in [5.41, 5.74) is 3.44. The maximum absolute atomic E-state index is 13.0. The maximum atomic E-state index is 13.0. The molecule has 1 aromatic rings. The van der Waals surface area contributed by atoms with Gasteiger partial charge in [-0.15, -0.1) is 0 Å². The van der Waals surface area contributed by atoms with Crippen LogP contribution >= 0.6 is 11.6 Å². The molecule has 1 saturated heterocycles. The highest BCUT2D eigenvalue weighted by Gasteiger charge is 2.26. The van der Waals surface area contributed by atoms with Gasteiger partial charge in [0.25, 0.3) is 5.91 Å². The molecule has 0 spiro atoms. The van der Waals surface area contributed by atoms with Crippen LogP contribution in [0.4, 0.5) is 0 Å². The highest BCUT2D eigenvalue weighted by atomic mass is 35.5. The summed E-state index contributed by atoms with van der Waals surface area (Å²) in [5, 5.41) is 4.84. The van der Waals surface area contributed by atoms with E-state index in [-0.39, 0.29) is 24.5 Å². The molecule has 2 heterocycles. The lowest BCUT2D eigenvalue weighted by Crippen LogP contribution is -2.44. The summed E-state index contributed by atoms with van der Waals surface area (Å²) in [6, 6.07) is 2.17. The third-order valence-corrected chi connectivity index (χ3v) is 7.11. The highest BCUT2D eigenvalue weighted by Crippen LogP contribution is 2.29. The number of nitrogens with zero attached hydrogens (tertiary/aromatic N) is 2. The second-order valence-corrected chi connectivity index (χ2v) is 9.61. The van der Waals surface area contributed by atoms with E-state index in [1.54, 1.807) is 0 Å². The van der Waals surface area contributed by atoms with Crippen molar-refractivity contribution in [3.05, 3.63) is 57.6 Å². The van der Waals surface area contributed by atoms with Gasteiger partial charge in [-0.1, -0.05) is 48.0 Å². The van der Waals surface area contributed by atoms with Gasteiger partial charge >= 0.3 is 5.97 Å². The topological polar surface area (TPSA) is 68.2 Å². The van der Waals surface area contributed by atoms with Gasteiger partial charge in [0, 0.05) is 24.0 Å². The number of aryl methyl sites for hydroxylation is 2. The third-order valence-electron chi connectivity index (χ3n) is 6.59. The number of hydrogen-bond donors (Lipinski definition) is 0. The van der Waals surface area contributed by atoms with E-state index in [1.807, 2.05) is 43.0 Å². The fraction of sp³-hybridized carbons (Fsp3) is 0.536. The number of oxime groups is 1. The number of likely N-dealkylation sites (tertiary alicyclic amines) is 1. The van der Waals surface area contributed by atoms with Crippen molar-refractivity contribution in [1.82, 2.24) is 4.90 Å². The van der Waals surface area contributed by atoms with E-state index in [0.717, 1.165) is 56.2 Å². The van der Waals surface area contributed by atoms with Crippen LogP contribution in [0.15, 0.2) is 35.5 Å². The van der Waals surface area contributed by atoms with Crippen molar-refractivity contribution in [1.29, 1.82) is 0 Å². The first-order chi connectivity index (χ1) is 16.9. The number of rotatable bonds is 4. The van der Waals surface area contributed by atoms with Crippen LogP contribution in [0.25, 0.3) is 0 Å². The van der Waals surface area contributed by atoms with Crippen molar-refractivity contribution in [2.45, 2.75) is 78.2 Å². The van der Waals surface area contributed by atoms with Gasteiger partial charge in [0.15, 0.2) is 6.61 Å². The molecule has 1 fully saturated rings. The molecule has 6 nitrogen and oxygen atoms in total. The van der Waals surface area contributed by atoms with E-state index in [2.05, 4.69) is 18.2 Å². The maximum Gasteiger partial charge on any atom is 0.338 e. The summed E-state index contributed by atoms with van der Waals surface area (Å²) in [7, 11) is 0. The molecule has 0 aromatic heterocycles. The fourth-order valence-corrected chi connectivity index (χ4v) is 4.96. The number of benzene rings is 1. The molecule has 2 aliphatic rings. The van der Waals surface area contributed by atoms with Crippen LogP contribution in [-0.2, 0) is 20.8 Å². The van der Waals surface area contributed by atoms with Gasteiger partial charge < -0.3 is 14.5 Å². The Balaban J connectivity index is 1.85. The molecule has 3 rings (SSSR count). The number of piperidine rings is 1. The number of esters is 1. The van der Waals surface area contributed by atoms with Gasteiger partial charge in [0.2, 0.25) is 0 Å². The molecule has 0 N–H and O–H groups in total. The molecule has 7 heteroatoms. The lowest BCUT2D eigenvalue weighted by Gasteiger charge is -2.34. The van der Waals surface area contributed by atoms with E-state index < -0.39 is 0 Å². The Hall–Kier alpha value is -2.60. The molecular weight excluding hydrogens is 464 g/mol. The lowest BCUT2D eigenvalue weighted by molar-refractivity contribution is -0.139. The van der Waals surface area contributed by atoms with Gasteiger partial charge in [0.05, 0.1) is 17.9 Å².